The molecule has 4 heteroatoms. The van der Waals surface area contributed by atoms with Crippen LogP contribution >= 0.6 is 22.6 Å². The lowest BCUT2D eigenvalue weighted by atomic mass is 10.2. The first kappa shape index (κ1) is 7.72. The molecule has 1 aromatic carbocycles. The summed E-state index contributed by atoms with van der Waals surface area (Å²) in [6, 6.07) is 9.69. The van der Waals surface area contributed by atoms with Crippen molar-refractivity contribution < 1.29 is 4.52 Å². The first-order valence-electron chi connectivity index (χ1n) is 3.41. The number of rotatable bonds is 1. The lowest BCUT2D eigenvalue weighted by Gasteiger charge is -1.89. The van der Waals surface area contributed by atoms with Gasteiger partial charge in [-0.3, -0.25) is 0 Å². The predicted molar refractivity (Wildman–Crippen MR) is 52.5 cm³/mol. The van der Waals surface area contributed by atoms with E-state index in [-0.39, 0.29) is 0 Å². The van der Waals surface area contributed by atoms with Crippen molar-refractivity contribution in [1.29, 1.82) is 0 Å². The Kier molecular flexibility index (Phi) is 2.07. The maximum Gasteiger partial charge on any atom is 0.258 e. The minimum atomic E-state index is 0.569. The molecular formula is C8H5IN2O. The molecule has 0 fully saturated rings. The van der Waals surface area contributed by atoms with Crippen LogP contribution in [0.4, 0.5) is 0 Å². The number of nitrogens with zero attached hydrogens (tertiary/aromatic N) is 2. The van der Waals surface area contributed by atoms with Crippen molar-refractivity contribution in [3.05, 3.63) is 34.2 Å². The largest absolute Gasteiger partial charge is 0.333 e. The molecule has 0 unspecified atom stereocenters. The average molecular weight is 272 g/mol. The summed E-state index contributed by atoms with van der Waals surface area (Å²) in [5, 5.41) is 3.69. The van der Waals surface area contributed by atoms with Crippen LogP contribution < -0.4 is 0 Å². The van der Waals surface area contributed by atoms with Gasteiger partial charge in [0.05, 0.1) is 0 Å². The summed E-state index contributed by atoms with van der Waals surface area (Å²) in [7, 11) is 0. The molecule has 0 radical (unpaired) electrons. The fourth-order valence-corrected chi connectivity index (χ4v) is 1.22. The van der Waals surface area contributed by atoms with Crippen LogP contribution in [-0.4, -0.2) is 10.1 Å². The van der Waals surface area contributed by atoms with Crippen molar-refractivity contribution in [3.63, 3.8) is 0 Å². The zero-order valence-corrected chi connectivity index (χ0v) is 8.22. The Morgan fingerprint density at radius 3 is 2.50 bits per heavy atom. The van der Waals surface area contributed by atoms with Crippen LogP contribution in [0, 0.1) is 3.83 Å². The summed E-state index contributed by atoms with van der Waals surface area (Å²) in [4.78, 5) is 4.09. The van der Waals surface area contributed by atoms with Gasteiger partial charge in [0.15, 0.2) is 0 Å². The molecule has 0 aliphatic rings. The van der Waals surface area contributed by atoms with E-state index < -0.39 is 0 Å². The molecule has 1 aromatic heterocycles. The maximum atomic E-state index is 4.98. The van der Waals surface area contributed by atoms with Crippen molar-refractivity contribution in [2.45, 2.75) is 0 Å². The third kappa shape index (κ3) is 1.47. The Balaban J connectivity index is 2.45. The van der Waals surface area contributed by atoms with Gasteiger partial charge in [0.1, 0.15) is 0 Å². The van der Waals surface area contributed by atoms with E-state index in [2.05, 4.69) is 10.1 Å². The molecule has 0 saturated carbocycles. The Morgan fingerprint density at radius 2 is 1.92 bits per heavy atom. The monoisotopic (exact) mass is 272 g/mol. The van der Waals surface area contributed by atoms with Gasteiger partial charge in [0.2, 0.25) is 3.83 Å². The number of hydrogen-bond acceptors (Lipinski definition) is 3. The van der Waals surface area contributed by atoms with Crippen LogP contribution in [0.25, 0.3) is 11.5 Å². The highest BCUT2D eigenvalue weighted by Crippen LogP contribution is 2.16. The standard InChI is InChI=1S/C8H5IN2O/c9-8-10-7(12-11-8)6-4-2-1-3-5-6/h1-5H. The number of hydrogen-bond donors (Lipinski definition) is 0. The molecule has 0 atom stereocenters. The van der Waals surface area contributed by atoms with Crippen molar-refractivity contribution in [3.8, 4) is 11.5 Å². The number of benzene rings is 1. The zero-order chi connectivity index (χ0) is 8.39. The summed E-state index contributed by atoms with van der Waals surface area (Å²) in [5.41, 5.74) is 0.952. The third-order valence-electron chi connectivity index (χ3n) is 1.42. The third-order valence-corrected chi connectivity index (χ3v) is 1.86. The first-order chi connectivity index (χ1) is 5.86. The van der Waals surface area contributed by atoms with E-state index in [0.717, 1.165) is 5.56 Å². The topological polar surface area (TPSA) is 38.9 Å². The summed E-state index contributed by atoms with van der Waals surface area (Å²) < 4.78 is 5.61. The van der Waals surface area contributed by atoms with Crippen molar-refractivity contribution in [2.24, 2.45) is 0 Å². The molecule has 0 amide bonds. The highest BCUT2D eigenvalue weighted by molar-refractivity contribution is 14.1. The van der Waals surface area contributed by atoms with Gasteiger partial charge < -0.3 is 4.52 Å². The summed E-state index contributed by atoms with van der Waals surface area (Å²) in [6.45, 7) is 0. The van der Waals surface area contributed by atoms with Crippen LogP contribution in [0.5, 0.6) is 0 Å². The zero-order valence-electron chi connectivity index (χ0n) is 6.07. The van der Waals surface area contributed by atoms with Gasteiger partial charge in [0.25, 0.3) is 5.89 Å². The summed E-state index contributed by atoms with van der Waals surface area (Å²) in [6.07, 6.45) is 0. The second-order valence-electron chi connectivity index (χ2n) is 2.23. The lowest BCUT2D eigenvalue weighted by Crippen LogP contribution is -1.75. The lowest BCUT2D eigenvalue weighted by molar-refractivity contribution is 0.426. The van der Waals surface area contributed by atoms with Gasteiger partial charge in [-0.25, -0.2) is 0 Å². The fourth-order valence-electron chi connectivity index (χ4n) is 0.904. The molecular weight excluding hydrogens is 267 g/mol. The van der Waals surface area contributed by atoms with E-state index >= 15 is 0 Å². The molecule has 0 aliphatic carbocycles. The van der Waals surface area contributed by atoms with Gasteiger partial charge in [-0.05, 0) is 12.1 Å². The summed E-state index contributed by atoms with van der Waals surface area (Å²) in [5.74, 6) is 0.569. The first-order valence-corrected chi connectivity index (χ1v) is 4.49. The molecule has 12 heavy (non-hydrogen) atoms. The predicted octanol–water partition coefficient (Wildman–Crippen LogP) is 2.34. The van der Waals surface area contributed by atoms with Gasteiger partial charge >= 0.3 is 0 Å². The molecule has 0 saturated heterocycles. The van der Waals surface area contributed by atoms with Crippen molar-refractivity contribution in [1.82, 2.24) is 10.1 Å². The van der Waals surface area contributed by atoms with Crippen molar-refractivity contribution in [2.75, 3.05) is 0 Å². The summed E-state index contributed by atoms with van der Waals surface area (Å²) >= 11 is 2.01. The highest BCUT2D eigenvalue weighted by atomic mass is 127. The minimum Gasteiger partial charge on any atom is -0.333 e. The van der Waals surface area contributed by atoms with E-state index in [1.807, 2.05) is 52.9 Å². The Bertz CT molecular complexity index is 372. The minimum absolute atomic E-state index is 0.569. The van der Waals surface area contributed by atoms with Crippen LogP contribution in [0.1, 0.15) is 0 Å². The van der Waals surface area contributed by atoms with Crippen LogP contribution in [0.2, 0.25) is 0 Å². The average Bonchev–Trinajstić information content (AvgIpc) is 2.54. The van der Waals surface area contributed by atoms with Crippen LogP contribution in [0.3, 0.4) is 0 Å². The Hall–Kier alpha value is -0.910. The molecule has 0 spiro atoms. The number of halogens is 1. The highest BCUT2D eigenvalue weighted by Gasteiger charge is 2.04. The van der Waals surface area contributed by atoms with Crippen molar-refractivity contribution >= 4 is 22.6 Å². The molecule has 0 aliphatic heterocycles. The van der Waals surface area contributed by atoms with E-state index in [9.17, 15) is 0 Å². The molecule has 60 valence electrons. The van der Waals surface area contributed by atoms with Crippen LogP contribution in [-0.2, 0) is 0 Å². The second kappa shape index (κ2) is 3.22. The van der Waals surface area contributed by atoms with Gasteiger partial charge in [0, 0.05) is 28.2 Å². The number of aromatic nitrogens is 2. The quantitative estimate of drug-likeness (QED) is 0.748. The Labute approximate surface area is 82.9 Å². The van der Waals surface area contributed by atoms with Gasteiger partial charge in [-0.2, -0.15) is 4.98 Å². The molecule has 0 bridgehead atoms. The molecule has 0 N–H and O–H groups in total. The van der Waals surface area contributed by atoms with Crippen LogP contribution in [0.15, 0.2) is 34.9 Å². The van der Waals surface area contributed by atoms with E-state index in [1.165, 1.54) is 0 Å². The Morgan fingerprint density at radius 1 is 1.17 bits per heavy atom. The maximum absolute atomic E-state index is 4.98. The normalized spacial score (nSPS) is 10.1. The van der Waals surface area contributed by atoms with E-state index in [0.29, 0.717) is 9.72 Å². The fraction of sp³-hybridized carbons (Fsp3) is 0. The van der Waals surface area contributed by atoms with Gasteiger partial charge in [-0.1, -0.05) is 23.4 Å². The second-order valence-corrected chi connectivity index (χ2v) is 3.20. The smallest absolute Gasteiger partial charge is 0.258 e. The van der Waals surface area contributed by atoms with E-state index in [1.54, 1.807) is 0 Å². The SMILES string of the molecule is Ic1noc(-c2ccccc2)n1. The molecule has 2 aromatic rings. The van der Waals surface area contributed by atoms with Gasteiger partial charge in [-0.15, -0.1) is 0 Å². The molecule has 2 rings (SSSR count). The van der Waals surface area contributed by atoms with E-state index in [4.69, 9.17) is 4.52 Å². The molecule has 1 heterocycles. The molecule has 3 nitrogen and oxygen atoms in total.